The van der Waals surface area contributed by atoms with Crippen molar-refractivity contribution in [2.45, 2.75) is 13.0 Å². The van der Waals surface area contributed by atoms with Crippen LogP contribution in [-0.2, 0) is 0 Å². The Kier molecular flexibility index (Phi) is 4.34. The Hall–Kier alpha value is -1.62. The molecule has 6 heteroatoms. The second-order valence-electron chi connectivity index (χ2n) is 4.78. The summed E-state index contributed by atoms with van der Waals surface area (Å²) in [6.45, 7) is 1.94. The number of hydrogen-bond acceptors (Lipinski definition) is 3. The highest BCUT2D eigenvalue weighted by atomic mass is 35.5. The van der Waals surface area contributed by atoms with Crippen LogP contribution in [0.2, 0.25) is 10.3 Å². The van der Waals surface area contributed by atoms with Gasteiger partial charge in [0.25, 0.3) is 5.56 Å². The SMILES string of the molecule is C[C@@H](c1ccccc1)n1c(-c2cccs2)c(Cl)nc(Cl)c1=O. The Morgan fingerprint density at radius 1 is 1.09 bits per heavy atom. The number of halogens is 2. The van der Waals surface area contributed by atoms with Crippen LogP contribution in [-0.4, -0.2) is 9.55 Å². The average Bonchev–Trinajstić information content (AvgIpc) is 3.04. The predicted octanol–water partition coefficient (Wildman–Crippen LogP) is 4.89. The van der Waals surface area contributed by atoms with E-state index in [2.05, 4.69) is 4.98 Å². The summed E-state index contributed by atoms with van der Waals surface area (Å²) in [6, 6.07) is 13.4. The summed E-state index contributed by atoms with van der Waals surface area (Å²) in [6.07, 6.45) is 0. The molecule has 3 rings (SSSR count). The summed E-state index contributed by atoms with van der Waals surface area (Å²) in [5, 5.41) is 2.05. The quantitative estimate of drug-likeness (QED) is 0.674. The summed E-state index contributed by atoms with van der Waals surface area (Å²) in [7, 11) is 0. The highest BCUT2D eigenvalue weighted by molar-refractivity contribution is 7.13. The van der Waals surface area contributed by atoms with Crippen molar-refractivity contribution in [1.82, 2.24) is 9.55 Å². The molecule has 3 aromatic rings. The van der Waals surface area contributed by atoms with Gasteiger partial charge in [0.1, 0.15) is 0 Å². The fraction of sp³-hybridized carbons (Fsp3) is 0.125. The van der Waals surface area contributed by atoms with E-state index in [1.807, 2.05) is 54.8 Å². The molecule has 0 saturated heterocycles. The lowest BCUT2D eigenvalue weighted by atomic mass is 10.1. The second-order valence-corrected chi connectivity index (χ2v) is 6.44. The van der Waals surface area contributed by atoms with E-state index in [1.165, 1.54) is 11.3 Å². The van der Waals surface area contributed by atoms with Crippen molar-refractivity contribution >= 4 is 34.5 Å². The molecule has 0 unspecified atom stereocenters. The molecule has 0 bridgehead atoms. The number of aromatic nitrogens is 2. The van der Waals surface area contributed by atoms with E-state index in [0.717, 1.165) is 10.4 Å². The number of rotatable bonds is 3. The van der Waals surface area contributed by atoms with E-state index in [-0.39, 0.29) is 21.9 Å². The number of hydrogen-bond donors (Lipinski definition) is 0. The van der Waals surface area contributed by atoms with E-state index >= 15 is 0 Å². The monoisotopic (exact) mass is 350 g/mol. The van der Waals surface area contributed by atoms with Crippen molar-refractivity contribution < 1.29 is 0 Å². The van der Waals surface area contributed by atoms with E-state index in [1.54, 1.807) is 4.57 Å². The molecule has 2 heterocycles. The Bertz CT molecular complexity index is 845. The average molecular weight is 351 g/mol. The number of benzene rings is 1. The third-order valence-corrected chi connectivity index (χ3v) is 4.84. The van der Waals surface area contributed by atoms with Crippen LogP contribution in [0, 0.1) is 0 Å². The third kappa shape index (κ3) is 2.70. The van der Waals surface area contributed by atoms with Crippen molar-refractivity contribution in [2.75, 3.05) is 0 Å². The maximum Gasteiger partial charge on any atom is 0.289 e. The molecule has 0 aliphatic heterocycles. The van der Waals surface area contributed by atoms with Gasteiger partial charge in [-0.1, -0.05) is 59.6 Å². The molecule has 3 nitrogen and oxygen atoms in total. The van der Waals surface area contributed by atoms with E-state index in [4.69, 9.17) is 23.2 Å². The zero-order chi connectivity index (χ0) is 15.7. The molecule has 0 aliphatic carbocycles. The van der Waals surface area contributed by atoms with Gasteiger partial charge in [-0.05, 0) is 23.9 Å². The van der Waals surface area contributed by atoms with Gasteiger partial charge in [0.05, 0.1) is 16.6 Å². The van der Waals surface area contributed by atoms with Gasteiger partial charge < -0.3 is 0 Å². The van der Waals surface area contributed by atoms with Gasteiger partial charge >= 0.3 is 0 Å². The third-order valence-electron chi connectivity index (χ3n) is 3.45. The molecule has 1 aromatic carbocycles. The molecule has 0 fully saturated rings. The van der Waals surface area contributed by atoms with Crippen molar-refractivity contribution in [1.29, 1.82) is 0 Å². The fourth-order valence-electron chi connectivity index (χ4n) is 2.37. The first-order valence-corrected chi connectivity index (χ1v) is 8.29. The zero-order valence-corrected chi connectivity index (χ0v) is 14.0. The van der Waals surface area contributed by atoms with Crippen LogP contribution in [0.5, 0.6) is 0 Å². The molecule has 112 valence electrons. The van der Waals surface area contributed by atoms with Crippen LogP contribution < -0.4 is 5.56 Å². The molecular weight excluding hydrogens is 339 g/mol. The van der Waals surface area contributed by atoms with Crippen molar-refractivity contribution in [3.05, 3.63) is 74.1 Å². The Labute approximate surface area is 141 Å². The maximum absolute atomic E-state index is 12.6. The second kappa shape index (κ2) is 6.24. The summed E-state index contributed by atoms with van der Waals surface area (Å²) >= 11 is 13.7. The minimum Gasteiger partial charge on any atom is -0.295 e. The molecule has 0 N–H and O–H groups in total. The normalized spacial score (nSPS) is 12.3. The van der Waals surface area contributed by atoms with Gasteiger partial charge in [0, 0.05) is 0 Å². The molecule has 0 radical (unpaired) electrons. The van der Waals surface area contributed by atoms with Gasteiger partial charge in [-0.25, -0.2) is 4.98 Å². The maximum atomic E-state index is 12.6. The molecule has 0 saturated carbocycles. The van der Waals surface area contributed by atoms with Crippen LogP contribution >= 0.6 is 34.5 Å². The first kappa shape index (κ1) is 15.3. The molecule has 22 heavy (non-hydrogen) atoms. The predicted molar refractivity (Wildman–Crippen MR) is 92.1 cm³/mol. The van der Waals surface area contributed by atoms with Gasteiger partial charge in [0.2, 0.25) is 0 Å². The highest BCUT2D eigenvalue weighted by Gasteiger charge is 2.21. The minimum atomic E-state index is -0.342. The zero-order valence-electron chi connectivity index (χ0n) is 11.7. The standard InChI is InChI=1S/C16H12Cl2N2OS/c1-10(11-6-3-2-4-7-11)20-13(12-8-5-9-22-12)14(17)19-15(18)16(20)21/h2-10H,1H3/t10-/m0/s1. The van der Waals surface area contributed by atoms with Crippen LogP contribution in [0.25, 0.3) is 10.6 Å². The fourth-order valence-corrected chi connectivity index (χ4v) is 3.69. The van der Waals surface area contributed by atoms with Gasteiger partial charge in [-0.15, -0.1) is 11.3 Å². The molecule has 0 amide bonds. The number of nitrogens with zero attached hydrogens (tertiary/aromatic N) is 2. The first-order chi connectivity index (χ1) is 10.6. The molecular formula is C16H12Cl2N2OS. The van der Waals surface area contributed by atoms with Gasteiger partial charge in [-0.2, -0.15) is 0 Å². The molecule has 0 aliphatic rings. The summed E-state index contributed by atoms with van der Waals surface area (Å²) in [5.41, 5.74) is 1.26. The van der Waals surface area contributed by atoms with E-state index in [9.17, 15) is 4.79 Å². The summed E-state index contributed by atoms with van der Waals surface area (Å²) in [4.78, 5) is 17.4. The van der Waals surface area contributed by atoms with Crippen LogP contribution in [0.15, 0.2) is 52.6 Å². The van der Waals surface area contributed by atoms with Crippen molar-refractivity contribution in [3.63, 3.8) is 0 Å². The smallest absolute Gasteiger partial charge is 0.289 e. The molecule has 2 aromatic heterocycles. The van der Waals surface area contributed by atoms with E-state index in [0.29, 0.717) is 5.69 Å². The highest BCUT2D eigenvalue weighted by Crippen LogP contribution is 2.33. The van der Waals surface area contributed by atoms with Crippen molar-refractivity contribution in [3.8, 4) is 10.6 Å². The Balaban J connectivity index is 2.28. The summed E-state index contributed by atoms with van der Waals surface area (Å²) < 4.78 is 1.61. The van der Waals surface area contributed by atoms with Crippen LogP contribution in [0.3, 0.4) is 0 Å². The topological polar surface area (TPSA) is 34.9 Å². The Morgan fingerprint density at radius 3 is 2.45 bits per heavy atom. The van der Waals surface area contributed by atoms with Gasteiger partial charge in [-0.3, -0.25) is 9.36 Å². The van der Waals surface area contributed by atoms with E-state index < -0.39 is 0 Å². The van der Waals surface area contributed by atoms with Gasteiger partial charge in [0.15, 0.2) is 10.3 Å². The van der Waals surface area contributed by atoms with Crippen LogP contribution in [0.1, 0.15) is 18.5 Å². The largest absolute Gasteiger partial charge is 0.295 e. The Morgan fingerprint density at radius 2 is 1.82 bits per heavy atom. The minimum absolute atomic E-state index is 0.118. The summed E-state index contributed by atoms with van der Waals surface area (Å²) in [5.74, 6) is 0. The molecule has 0 spiro atoms. The lowest BCUT2D eigenvalue weighted by molar-refractivity contribution is 0.618. The lowest BCUT2D eigenvalue weighted by Gasteiger charge is -2.20. The lowest BCUT2D eigenvalue weighted by Crippen LogP contribution is -2.27. The number of thiophene rings is 1. The first-order valence-electron chi connectivity index (χ1n) is 6.66. The van der Waals surface area contributed by atoms with Crippen LogP contribution in [0.4, 0.5) is 0 Å². The van der Waals surface area contributed by atoms with Crippen molar-refractivity contribution in [2.24, 2.45) is 0 Å². The molecule has 1 atom stereocenters.